The molecule has 122 valence electrons. The maximum Gasteiger partial charge on any atom is 0.275 e. The Bertz CT molecular complexity index is 842. The van der Waals surface area contributed by atoms with Gasteiger partial charge in [-0.05, 0) is 48.0 Å². The number of amidine groups is 1. The topological polar surface area (TPSA) is 59.9 Å². The van der Waals surface area contributed by atoms with Crippen LogP contribution in [0.2, 0.25) is 5.02 Å². The van der Waals surface area contributed by atoms with E-state index in [1.54, 1.807) is 32.4 Å². The third kappa shape index (κ3) is 3.26. The molecular formula is C18H15ClN2O3. The fraction of sp³-hybridized carbons (Fsp3) is 0.111. The van der Waals surface area contributed by atoms with Gasteiger partial charge >= 0.3 is 0 Å². The van der Waals surface area contributed by atoms with Crippen LogP contribution in [0.5, 0.6) is 11.5 Å². The van der Waals surface area contributed by atoms with Crippen LogP contribution in [0, 0.1) is 0 Å². The lowest BCUT2D eigenvalue weighted by Gasteiger charge is -2.03. The van der Waals surface area contributed by atoms with Crippen LogP contribution in [0.15, 0.2) is 53.2 Å². The summed E-state index contributed by atoms with van der Waals surface area (Å²) in [5.41, 5.74) is 1.90. The van der Waals surface area contributed by atoms with E-state index in [0.717, 1.165) is 16.9 Å². The summed E-state index contributed by atoms with van der Waals surface area (Å²) in [6.45, 7) is 0. The molecule has 2 aromatic rings. The molecule has 0 radical (unpaired) electrons. The van der Waals surface area contributed by atoms with E-state index in [-0.39, 0.29) is 5.91 Å². The van der Waals surface area contributed by atoms with Crippen LogP contribution in [0.25, 0.3) is 6.08 Å². The zero-order valence-electron chi connectivity index (χ0n) is 13.2. The summed E-state index contributed by atoms with van der Waals surface area (Å²) in [5.74, 6) is 1.57. The quantitative estimate of drug-likeness (QED) is 0.867. The van der Waals surface area contributed by atoms with Crippen molar-refractivity contribution in [1.29, 1.82) is 0 Å². The lowest BCUT2D eigenvalue weighted by atomic mass is 10.2. The zero-order chi connectivity index (χ0) is 17.1. The van der Waals surface area contributed by atoms with Gasteiger partial charge in [0.2, 0.25) is 0 Å². The summed E-state index contributed by atoms with van der Waals surface area (Å²) in [7, 11) is 3.15. The van der Waals surface area contributed by atoms with Gasteiger partial charge in [-0.1, -0.05) is 17.7 Å². The van der Waals surface area contributed by atoms with E-state index < -0.39 is 0 Å². The number of nitrogens with one attached hydrogen (secondary N) is 1. The molecular weight excluding hydrogens is 328 g/mol. The molecule has 24 heavy (non-hydrogen) atoms. The Kier molecular flexibility index (Phi) is 4.53. The summed E-state index contributed by atoms with van der Waals surface area (Å²) < 4.78 is 10.2. The van der Waals surface area contributed by atoms with Gasteiger partial charge in [-0.25, -0.2) is 4.99 Å². The summed E-state index contributed by atoms with van der Waals surface area (Å²) >= 11 is 6.10. The van der Waals surface area contributed by atoms with Crippen molar-refractivity contribution in [2.75, 3.05) is 14.2 Å². The van der Waals surface area contributed by atoms with Crippen LogP contribution < -0.4 is 14.8 Å². The number of hydrogen-bond acceptors (Lipinski definition) is 4. The first-order valence-electron chi connectivity index (χ1n) is 7.20. The Morgan fingerprint density at radius 3 is 2.46 bits per heavy atom. The number of hydrogen-bond donors (Lipinski definition) is 1. The Morgan fingerprint density at radius 2 is 1.83 bits per heavy atom. The van der Waals surface area contributed by atoms with Crippen molar-refractivity contribution in [2.45, 2.75) is 0 Å². The van der Waals surface area contributed by atoms with Gasteiger partial charge < -0.3 is 14.8 Å². The second-order valence-electron chi connectivity index (χ2n) is 5.07. The monoisotopic (exact) mass is 342 g/mol. The molecule has 3 rings (SSSR count). The lowest BCUT2D eigenvalue weighted by Crippen LogP contribution is -2.24. The summed E-state index contributed by atoms with van der Waals surface area (Å²) in [4.78, 5) is 16.5. The number of ether oxygens (including phenoxy) is 2. The molecule has 0 fully saturated rings. The van der Waals surface area contributed by atoms with E-state index in [4.69, 9.17) is 21.1 Å². The van der Waals surface area contributed by atoms with Crippen LogP contribution in [0.1, 0.15) is 11.1 Å². The molecule has 1 aliphatic heterocycles. The van der Waals surface area contributed by atoms with Gasteiger partial charge in [-0.2, -0.15) is 0 Å². The van der Waals surface area contributed by atoms with Gasteiger partial charge in [0.1, 0.15) is 23.0 Å². The van der Waals surface area contributed by atoms with E-state index in [0.29, 0.717) is 22.3 Å². The molecule has 2 aromatic carbocycles. The fourth-order valence-corrected chi connectivity index (χ4v) is 2.55. The SMILES string of the molecule is COc1ccc(C2=N/C(=C/c3ccc(OC)c(Cl)c3)C(=O)N2)cc1. The number of aliphatic imine (C=N–C) groups is 1. The lowest BCUT2D eigenvalue weighted by molar-refractivity contribution is -0.115. The summed E-state index contributed by atoms with van der Waals surface area (Å²) in [6, 6.07) is 12.6. The highest BCUT2D eigenvalue weighted by Gasteiger charge is 2.21. The maximum atomic E-state index is 12.1. The highest BCUT2D eigenvalue weighted by atomic mass is 35.5. The fourth-order valence-electron chi connectivity index (χ4n) is 2.28. The molecule has 1 heterocycles. The number of carbonyl (C=O) groups excluding carboxylic acids is 1. The van der Waals surface area contributed by atoms with Gasteiger partial charge in [-0.15, -0.1) is 0 Å². The molecule has 5 nitrogen and oxygen atoms in total. The van der Waals surface area contributed by atoms with Crippen molar-refractivity contribution in [2.24, 2.45) is 4.99 Å². The van der Waals surface area contributed by atoms with Gasteiger partial charge in [0.25, 0.3) is 5.91 Å². The predicted molar refractivity (Wildman–Crippen MR) is 93.7 cm³/mol. The number of nitrogens with zero attached hydrogens (tertiary/aromatic N) is 1. The van der Waals surface area contributed by atoms with E-state index in [1.807, 2.05) is 30.3 Å². The highest BCUT2D eigenvalue weighted by molar-refractivity contribution is 6.32. The largest absolute Gasteiger partial charge is 0.497 e. The minimum atomic E-state index is -0.257. The average Bonchev–Trinajstić information content (AvgIpc) is 2.96. The molecule has 0 atom stereocenters. The van der Waals surface area contributed by atoms with E-state index in [9.17, 15) is 4.79 Å². The molecule has 0 spiro atoms. The van der Waals surface area contributed by atoms with Crippen molar-refractivity contribution in [3.63, 3.8) is 0 Å². The Labute approximate surface area is 144 Å². The molecule has 0 aromatic heterocycles. The Morgan fingerprint density at radius 1 is 1.08 bits per heavy atom. The van der Waals surface area contributed by atoms with Crippen LogP contribution >= 0.6 is 11.6 Å². The maximum absolute atomic E-state index is 12.1. The summed E-state index contributed by atoms with van der Waals surface area (Å²) in [6.07, 6.45) is 1.68. The standard InChI is InChI=1S/C18H15ClN2O3/c1-23-13-6-4-12(5-7-13)17-20-15(18(22)21-17)10-11-3-8-16(24-2)14(19)9-11/h3-10H,1-2H3,(H,20,21,22)/b15-10+. The van der Waals surface area contributed by atoms with E-state index in [2.05, 4.69) is 10.3 Å². The number of benzene rings is 2. The van der Waals surface area contributed by atoms with Gasteiger partial charge in [0, 0.05) is 5.56 Å². The number of methoxy groups -OCH3 is 2. The Balaban J connectivity index is 1.89. The first kappa shape index (κ1) is 16.1. The Hall–Kier alpha value is -2.79. The van der Waals surface area contributed by atoms with Crippen molar-refractivity contribution < 1.29 is 14.3 Å². The molecule has 0 unspecified atom stereocenters. The molecule has 6 heteroatoms. The molecule has 1 N–H and O–H groups in total. The van der Waals surface area contributed by atoms with E-state index in [1.165, 1.54) is 0 Å². The molecule has 1 amide bonds. The minimum Gasteiger partial charge on any atom is -0.497 e. The molecule has 0 aliphatic carbocycles. The number of amides is 1. The third-order valence-electron chi connectivity index (χ3n) is 3.54. The minimum absolute atomic E-state index is 0.257. The van der Waals surface area contributed by atoms with E-state index >= 15 is 0 Å². The first-order chi connectivity index (χ1) is 11.6. The number of rotatable bonds is 4. The molecule has 0 saturated carbocycles. The smallest absolute Gasteiger partial charge is 0.275 e. The third-order valence-corrected chi connectivity index (χ3v) is 3.83. The average molecular weight is 343 g/mol. The van der Waals surface area contributed by atoms with Crippen LogP contribution in [-0.2, 0) is 4.79 Å². The van der Waals surface area contributed by atoms with Gasteiger partial charge in [0.15, 0.2) is 0 Å². The van der Waals surface area contributed by atoms with Crippen molar-refractivity contribution in [3.05, 3.63) is 64.3 Å². The first-order valence-corrected chi connectivity index (χ1v) is 7.58. The zero-order valence-corrected chi connectivity index (χ0v) is 13.9. The van der Waals surface area contributed by atoms with Gasteiger partial charge in [0.05, 0.1) is 19.2 Å². The van der Waals surface area contributed by atoms with Crippen molar-refractivity contribution in [3.8, 4) is 11.5 Å². The van der Waals surface area contributed by atoms with Gasteiger partial charge in [-0.3, -0.25) is 4.79 Å². The van der Waals surface area contributed by atoms with Crippen molar-refractivity contribution >= 4 is 29.4 Å². The van der Waals surface area contributed by atoms with Crippen LogP contribution in [0.4, 0.5) is 0 Å². The summed E-state index contributed by atoms with van der Waals surface area (Å²) in [5, 5.41) is 3.24. The number of halogens is 1. The molecule has 0 bridgehead atoms. The second kappa shape index (κ2) is 6.76. The molecule has 0 saturated heterocycles. The van der Waals surface area contributed by atoms with Crippen LogP contribution in [0.3, 0.4) is 0 Å². The molecule has 1 aliphatic rings. The van der Waals surface area contributed by atoms with Crippen molar-refractivity contribution in [1.82, 2.24) is 5.32 Å². The number of carbonyl (C=O) groups is 1. The second-order valence-corrected chi connectivity index (χ2v) is 5.47. The van der Waals surface area contributed by atoms with Crippen LogP contribution in [-0.4, -0.2) is 26.0 Å². The highest BCUT2D eigenvalue weighted by Crippen LogP contribution is 2.26. The predicted octanol–water partition coefficient (Wildman–Crippen LogP) is 3.27. The normalized spacial score (nSPS) is 15.2.